The number of carbonyl (C=O) groups excluding carboxylic acids is 1. The highest BCUT2D eigenvalue weighted by molar-refractivity contribution is 5.78. The Hall–Kier alpha value is -1.51. The van der Waals surface area contributed by atoms with E-state index in [0.29, 0.717) is 0 Å². The fourth-order valence-corrected chi connectivity index (χ4v) is 1.46. The van der Waals surface area contributed by atoms with Crippen LogP contribution in [-0.4, -0.2) is 18.1 Å². The molecule has 0 saturated carbocycles. The highest BCUT2D eigenvalue weighted by atomic mass is 16.5. The zero-order valence-corrected chi connectivity index (χ0v) is 11.0. The van der Waals surface area contributed by atoms with Crippen LogP contribution in [0.4, 0.5) is 0 Å². The highest BCUT2D eigenvalue weighted by Gasteiger charge is 2.13. The monoisotopic (exact) mass is 235 g/mol. The summed E-state index contributed by atoms with van der Waals surface area (Å²) in [5, 5.41) is 2.85. The average Bonchev–Trinajstić information content (AvgIpc) is 2.24. The van der Waals surface area contributed by atoms with Gasteiger partial charge in [-0.05, 0) is 44.9 Å². The SMILES string of the molecule is CCc1cccc(OCC(=O)NC(C)(C)C)c1. The third-order valence-electron chi connectivity index (χ3n) is 2.19. The normalized spacial score (nSPS) is 11.1. The second kappa shape index (κ2) is 5.71. The first-order valence-corrected chi connectivity index (χ1v) is 5.93. The molecular formula is C14H21NO2. The third kappa shape index (κ3) is 5.38. The Morgan fingerprint density at radius 2 is 2.06 bits per heavy atom. The molecule has 0 aromatic heterocycles. The fourth-order valence-electron chi connectivity index (χ4n) is 1.46. The minimum atomic E-state index is -0.217. The van der Waals surface area contributed by atoms with Gasteiger partial charge in [0.25, 0.3) is 5.91 Å². The Morgan fingerprint density at radius 3 is 2.65 bits per heavy atom. The molecule has 1 amide bonds. The van der Waals surface area contributed by atoms with Gasteiger partial charge in [-0.1, -0.05) is 19.1 Å². The summed E-state index contributed by atoms with van der Waals surface area (Å²) in [6, 6.07) is 7.81. The molecule has 94 valence electrons. The number of rotatable bonds is 4. The van der Waals surface area contributed by atoms with Crippen LogP contribution < -0.4 is 10.1 Å². The summed E-state index contributed by atoms with van der Waals surface area (Å²) in [6.07, 6.45) is 0.964. The number of benzene rings is 1. The van der Waals surface area contributed by atoms with Crippen LogP contribution in [0.15, 0.2) is 24.3 Å². The standard InChI is InChI=1S/C14H21NO2/c1-5-11-7-6-8-12(9-11)17-10-13(16)15-14(2,3)4/h6-9H,5,10H2,1-4H3,(H,15,16). The molecule has 0 aliphatic carbocycles. The molecule has 17 heavy (non-hydrogen) atoms. The number of ether oxygens (including phenoxy) is 1. The molecule has 0 saturated heterocycles. The van der Waals surface area contributed by atoms with E-state index < -0.39 is 0 Å². The van der Waals surface area contributed by atoms with Gasteiger partial charge in [-0.2, -0.15) is 0 Å². The summed E-state index contributed by atoms with van der Waals surface area (Å²) in [5.74, 6) is 0.646. The molecule has 0 atom stereocenters. The molecule has 0 radical (unpaired) electrons. The van der Waals surface area contributed by atoms with Gasteiger partial charge in [-0.3, -0.25) is 4.79 Å². The van der Waals surface area contributed by atoms with Crippen molar-refractivity contribution < 1.29 is 9.53 Å². The molecule has 0 fully saturated rings. The first-order valence-electron chi connectivity index (χ1n) is 5.93. The lowest BCUT2D eigenvalue weighted by molar-refractivity contribution is -0.124. The first kappa shape index (κ1) is 13.6. The summed E-state index contributed by atoms with van der Waals surface area (Å²) in [4.78, 5) is 11.6. The van der Waals surface area contributed by atoms with Crippen LogP contribution in [-0.2, 0) is 11.2 Å². The highest BCUT2D eigenvalue weighted by Crippen LogP contribution is 2.13. The summed E-state index contributed by atoms with van der Waals surface area (Å²) >= 11 is 0. The smallest absolute Gasteiger partial charge is 0.258 e. The molecule has 0 heterocycles. The van der Waals surface area contributed by atoms with E-state index in [0.717, 1.165) is 12.2 Å². The van der Waals surface area contributed by atoms with Gasteiger partial charge in [-0.25, -0.2) is 0 Å². The van der Waals surface area contributed by atoms with E-state index in [1.165, 1.54) is 5.56 Å². The van der Waals surface area contributed by atoms with E-state index in [4.69, 9.17) is 4.74 Å². The second-order valence-electron chi connectivity index (χ2n) is 5.09. The number of nitrogens with one attached hydrogen (secondary N) is 1. The van der Waals surface area contributed by atoms with Gasteiger partial charge in [0.05, 0.1) is 0 Å². The van der Waals surface area contributed by atoms with Crippen molar-refractivity contribution in [1.29, 1.82) is 0 Å². The summed E-state index contributed by atoms with van der Waals surface area (Å²) in [5.41, 5.74) is 0.991. The topological polar surface area (TPSA) is 38.3 Å². The predicted octanol–water partition coefficient (Wildman–Crippen LogP) is 2.54. The molecule has 0 aliphatic heterocycles. The fraction of sp³-hybridized carbons (Fsp3) is 0.500. The molecule has 0 aliphatic rings. The zero-order chi connectivity index (χ0) is 12.9. The van der Waals surface area contributed by atoms with Gasteiger partial charge in [-0.15, -0.1) is 0 Å². The lowest BCUT2D eigenvalue weighted by Crippen LogP contribution is -2.43. The maximum Gasteiger partial charge on any atom is 0.258 e. The molecule has 1 rings (SSSR count). The number of hydrogen-bond donors (Lipinski definition) is 1. The Balaban J connectivity index is 2.47. The van der Waals surface area contributed by atoms with Gasteiger partial charge in [0.1, 0.15) is 5.75 Å². The molecule has 1 N–H and O–H groups in total. The molecule has 3 nitrogen and oxygen atoms in total. The van der Waals surface area contributed by atoms with Gasteiger partial charge >= 0.3 is 0 Å². The third-order valence-corrected chi connectivity index (χ3v) is 2.19. The summed E-state index contributed by atoms with van der Waals surface area (Å²) in [7, 11) is 0. The van der Waals surface area contributed by atoms with Crippen LogP contribution in [0.2, 0.25) is 0 Å². The molecule has 1 aromatic carbocycles. The number of amides is 1. The van der Waals surface area contributed by atoms with Crippen molar-refractivity contribution in [2.45, 2.75) is 39.7 Å². The Morgan fingerprint density at radius 1 is 1.35 bits per heavy atom. The minimum Gasteiger partial charge on any atom is -0.484 e. The number of aryl methyl sites for hydroxylation is 1. The van der Waals surface area contributed by atoms with Crippen molar-refractivity contribution in [3.05, 3.63) is 29.8 Å². The largest absolute Gasteiger partial charge is 0.484 e. The first-order chi connectivity index (χ1) is 7.90. The van der Waals surface area contributed by atoms with Gasteiger partial charge in [0, 0.05) is 5.54 Å². The van der Waals surface area contributed by atoms with Crippen LogP contribution in [0.25, 0.3) is 0 Å². The van der Waals surface area contributed by atoms with Crippen molar-refractivity contribution in [2.24, 2.45) is 0 Å². The molecule has 1 aromatic rings. The van der Waals surface area contributed by atoms with E-state index in [1.807, 2.05) is 45.0 Å². The van der Waals surface area contributed by atoms with E-state index in [-0.39, 0.29) is 18.1 Å². The van der Waals surface area contributed by atoms with Crippen LogP contribution in [0.5, 0.6) is 5.75 Å². The quantitative estimate of drug-likeness (QED) is 0.871. The van der Waals surface area contributed by atoms with Crippen LogP contribution in [0, 0.1) is 0 Å². The maximum absolute atomic E-state index is 11.6. The van der Waals surface area contributed by atoms with Crippen molar-refractivity contribution >= 4 is 5.91 Å². The predicted molar refractivity (Wildman–Crippen MR) is 69.2 cm³/mol. The van der Waals surface area contributed by atoms with Crippen molar-refractivity contribution in [3.8, 4) is 5.75 Å². The van der Waals surface area contributed by atoms with Crippen molar-refractivity contribution in [1.82, 2.24) is 5.32 Å². The van der Waals surface area contributed by atoms with E-state index in [2.05, 4.69) is 12.2 Å². The molecular weight excluding hydrogens is 214 g/mol. The van der Waals surface area contributed by atoms with Gasteiger partial charge in [0.2, 0.25) is 0 Å². The molecule has 0 spiro atoms. The lowest BCUT2D eigenvalue weighted by Gasteiger charge is -2.20. The van der Waals surface area contributed by atoms with Crippen LogP contribution in [0.1, 0.15) is 33.3 Å². The maximum atomic E-state index is 11.6. The minimum absolute atomic E-state index is 0.0600. The lowest BCUT2D eigenvalue weighted by atomic mass is 10.1. The van der Waals surface area contributed by atoms with E-state index in [9.17, 15) is 4.79 Å². The van der Waals surface area contributed by atoms with Gasteiger partial charge in [0.15, 0.2) is 6.61 Å². The van der Waals surface area contributed by atoms with Crippen molar-refractivity contribution in [2.75, 3.05) is 6.61 Å². The summed E-state index contributed by atoms with van der Waals surface area (Å²) in [6.45, 7) is 7.99. The number of hydrogen-bond acceptors (Lipinski definition) is 2. The average molecular weight is 235 g/mol. The number of carbonyl (C=O) groups is 1. The molecule has 3 heteroatoms. The van der Waals surface area contributed by atoms with E-state index >= 15 is 0 Å². The van der Waals surface area contributed by atoms with E-state index in [1.54, 1.807) is 0 Å². The molecule has 0 unspecified atom stereocenters. The summed E-state index contributed by atoms with van der Waals surface area (Å²) < 4.78 is 5.44. The van der Waals surface area contributed by atoms with Crippen molar-refractivity contribution in [3.63, 3.8) is 0 Å². The Labute approximate surface area is 103 Å². The van der Waals surface area contributed by atoms with Gasteiger partial charge < -0.3 is 10.1 Å². The van der Waals surface area contributed by atoms with Crippen LogP contribution >= 0.6 is 0 Å². The second-order valence-corrected chi connectivity index (χ2v) is 5.09. The Bertz CT molecular complexity index is 380. The molecule has 0 bridgehead atoms. The van der Waals surface area contributed by atoms with Crippen LogP contribution in [0.3, 0.4) is 0 Å². The Kier molecular flexibility index (Phi) is 4.55. The zero-order valence-electron chi connectivity index (χ0n) is 11.0.